The zero-order chi connectivity index (χ0) is 11.0. The first kappa shape index (κ1) is 21.3. The minimum Gasteiger partial charge on any atom is -0.342 e. The summed E-state index contributed by atoms with van der Waals surface area (Å²) in [6.07, 6.45) is 2.62. The number of carbonyl (C=O) groups is 1. The van der Waals surface area contributed by atoms with Crippen molar-refractivity contribution in [3.63, 3.8) is 0 Å². The SMILES string of the molecule is CCN(CC)C(=O)[C@@H](N)CCCCN.Cl.Cl. The standard InChI is InChI=1S/C10H23N3O.2ClH/c1-3-13(4-2)10(14)9(12)7-5-6-8-11;;/h9H,3-8,11-12H2,1-2H3;2*1H/t9-;;/m0../s1. The number of carbonyl (C=O) groups excluding carboxylic acids is 1. The second-order valence-electron chi connectivity index (χ2n) is 3.40. The first-order valence-electron chi connectivity index (χ1n) is 5.41. The molecule has 100 valence electrons. The molecule has 6 heteroatoms. The quantitative estimate of drug-likeness (QED) is 0.684. The van der Waals surface area contributed by atoms with Crippen LogP contribution in [0.1, 0.15) is 33.1 Å². The molecule has 0 aromatic heterocycles. The summed E-state index contributed by atoms with van der Waals surface area (Å²) in [4.78, 5) is 13.4. The second kappa shape index (κ2) is 13.0. The third kappa shape index (κ3) is 8.16. The Hall–Kier alpha value is -0.0300. The van der Waals surface area contributed by atoms with Crippen molar-refractivity contribution >= 4 is 30.7 Å². The van der Waals surface area contributed by atoms with Gasteiger partial charge in [0, 0.05) is 13.1 Å². The molecule has 16 heavy (non-hydrogen) atoms. The summed E-state index contributed by atoms with van der Waals surface area (Å²) >= 11 is 0. The monoisotopic (exact) mass is 273 g/mol. The van der Waals surface area contributed by atoms with Crippen LogP contribution in [0.4, 0.5) is 0 Å². The molecule has 1 amide bonds. The molecule has 0 aliphatic heterocycles. The molecule has 4 N–H and O–H groups in total. The lowest BCUT2D eigenvalue weighted by Gasteiger charge is -2.22. The molecule has 1 atom stereocenters. The van der Waals surface area contributed by atoms with Crippen LogP contribution < -0.4 is 11.5 Å². The molecule has 0 rings (SSSR count). The van der Waals surface area contributed by atoms with Crippen LogP contribution in [0.5, 0.6) is 0 Å². The van der Waals surface area contributed by atoms with Gasteiger partial charge >= 0.3 is 0 Å². The predicted octanol–water partition coefficient (Wildman–Crippen LogP) is 1.15. The van der Waals surface area contributed by atoms with Crippen molar-refractivity contribution in [3.05, 3.63) is 0 Å². The van der Waals surface area contributed by atoms with Crippen LogP contribution in [0.3, 0.4) is 0 Å². The molecule has 0 heterocycles. The number of nitrogens with two attached hydrogens (primary N) is 2. The Balaban J connectivity index is -0.000000845. The second-order valence-corrected chi connectivity index (χ2v) is 3.40. The minimum atomic E-state index is -0.346. The van der Waals surface area contributed by atoms with Gasteiger partial charge in [-0.1, -0.05) is 6.42 Å². The Morgan fingerprint density at radius 2 is 1.69 bits per heavy atom. The minimum absolute atomic E-state index is 0. The number of likely N-dealkylation sites (N-methyl/N-ethyl adjacent to an activating group) is 1. The van der Waals surface area contributed by atoms with E-state index in [1.54, 1.807) is 4.90 Å². The van der Waals surface area contributed by atoms with E-state index in [-0.39, 0.29) is 36.8 Å². The number of hydrogen-bond acceptors (Lipinski definition) is 3. The van der Waals surface area contributed by atoms with Gasteiger partial charge in [-0.25, -0.2) is 0 Å². The Bertz CT molecular complexity index is 166. The third-order valence-electron chi connectivity index (χ3n) is 2.36. The van der Waals surface area contributed by atoms with Crippen LogP contribution in [0, 0.1) is 0 Å². The van der Waals surface area contributed by atoms with E-state index in [1.807, 2.05) is 13.8 Å². The van der Waals surface area contributed by atoms with Gasteiger partial charge in [-0.05, 0) is 33.2 Å². The van der Waals surface area contributed by atoms with E-state index in [4.69, 9.17) is 11.5 Å². The highest BCUT2D eigenvalue weighted by atomic mass is 35.5. The van der Waals surface area contributed by atoms with E-state index in [2.05, 4.69) is 0 Å². The lowest BCUT2D eigenvalue weighted by atomic mass is 10.1. The van der Waals surface area contributed by atoms with Gasteiger partial charge < -0.3 is 16.4 Å². The van der Waals surface area contributed by atoms with E-state index >= 15 is 0 Å². The third-order valence-corrected chi connectivity index (χ3v) is 2.36. The molecule has 0 saturated heterocycles. The highest BCUT2D eigenvalue weighted by Gasteiger charge is 2.17. The van der Waals surface area contributed by atoms with Crippen LogP contribution in [0.25, 0.3) is 0 Å². The molecular weight excluding hydrogens is 249 g/mol. The van der Waals surface area contributed by atoms with Crippen LogP contribution >= 0.6 is 24.8 Å². The van der Waals surface area contributed by atoms with Crippen LogP contribution in [-0.2, 0) is 4.79 Å². The summed E-state index contributed by atoms with van der Waals surface area (Å²) in [7, 11) is 0. The first-order valence-corrected chi connectivity index (χ1v) is 5.41. The van der Waals surface area contributed by atoms with Crippen molar-refractivity contribution in [1.29, 1.82) is 0 Å². The van der Waals surface area contributed by atoms with Gasteiger partial charge in [0.2, 0.25) is 5.91 Å². The van der Waals surface area contributed by atoms with E-state index in [9.17, 15) is 4.79 Å². The van der Waals surface area contributed by atoms with Crippen LogP contribution in [-0.4, -0.2) is 36.5 Å². The Morgan fingerprint density at radius 1 is 1.19 bits per heavy atom. The average molecular weight is 274 g/mol. The zero-order valence-corrected chi connectivity index (χ0v) is 11.8. The topological polar surface area (TPSA) is 72.3 Å². The fraction of sp³-hybridized carbons (Fsp3) is 0.900. The lowest BCUT2D eigenvalue weighted by Crippen LogP contribution is -2.43. The lowest BCUT2D eigenvalue weighted by molar-refractivity contribution is -0.132. The van der Waals surface area contributed by atoms with Gasteiger partial charge in [-0.15, -0.1) is 24.8 Å². The maximum atomic E-state index is 11.7. The zero-order valence-electron chi connectivity index (χ0n) is 10.1. The fourth-order valence-electron chi connectivity index (χ4n) is 1.40. The van der Waals surface area contributed by atoms with E-state index in [1.165, 1.54) is 0 Å². The van der Waals surface area contributed by atoms with Crippen molar-refractivity contribution in [1.82, 2.24) is 4.90 Å². The Labute approximate surface area is 111 Å². The van der Waals surface area contributed by atoms with Gasteiger partial charge in [0.05, 0.1) is 6.04 Å². The molecule has 0 spiro atoms. The van der Waals surface area contributed by atoms with Crippen molar-refractivity contribution in [3.8, 4) is 0 Å². The average Bonchev–Trinajstić information content (AvgIpc) is 2.19. The molecular formula is C10H25Cl2N3O. The molecule has 0 radical (unpaired) electrons. The number of halogens is 2. The van der Waals surface area contributed by atoms with Crippen molar-refractivity contribution in [2.24, 2.45) is 11.5 Å². The Kier molecular flexibility index (Phi) is 17.3. The summed E-state index contributed by atoms with van der Waals surface area (Å²) in [6, 6.07) is -0.346. The van der Waals surface area contributed by atoms with Gasteiger partial charge in [0.1, 0.15) is 0 Å². The van der Waals surface area contributed by atoms with Gasteiger partial charge in [0.15, 0.2) is 0 Å². The smallest absolute Gasteiger partial charge is 0.239 e. The van der Waals surface area contributed by atoms with Crippen LogP contribution in [0.2, 0.25) is 0 Å². The van der Waals surface area contributed by atoms with Gasteiger partial charge in [-0.3, -0.25) is 4.79 Å². The molecule has 0 aromatic rings. The highest BCUT2D eigenvalue weighted by Crippen LogP contribution is 2.02. The number of rotatable bonds is 7. The number of unbranched alkanes of at least 4 members (excludes halogenated alkanes) is 1. The normalized spacial score (nSPS) is 11.0. The van der Waals surface area contributed by atoms with Crippen molar-refractivity contribution < 1.29 is 4.79 Å². The maximum absolute atomic E-state index is 11.7. The van der Waals surface area contributed by atoms with E-state index < -0.39 is 0 Å². The molecule has 0 fully saturated rings. The maximum Gasteiger partial charge on any atom is 0.239 e. The number of nitrogens with zero attached hydrogens (tertiary/aromatic N) is 1. The summed E-state index contributed by atoms with van der Waals surface area (Å²) in [5.41, 5.74) is 11.1. The number of hydrogen-bond donors (Lipinski definition) is 2. The van der Waals surface area contributed by atoms with E-state index in [0.717, 1.165) is 32.4 Å². The fourth-order valence-corrected chi connectivity index (χ4v) is 1.40. The predicted molar refractivity (Wildman–Crippen MR) is 73.3 cm³/mol. The summed E-state index contributed by atoms with van der Waals surface area (Å²) in [5.74, 6) is 0.0621. The van der Waals surface area contributed by atoms with Gasteiger partial charge in [0.25, 0.3) is 0 Å². The molecule has 0 aliphatic rings. The molecule has 0 bridgehead atoms. The molecule has 0 saturated carbocycles. The van der Waals surface area contributed by atoms with Crippen molar-refractivity contribution in [2.45, 2.75) is 39.2 Å². The Morgan fingerprint density at radius 3 is 2.06 bits per heavy atom. The van der Waals surface area contributed by atoms with Gasteiger partial charge in [-0.2, -0.15) is 0 Å². The van der Waals surface area contributed by atoms with Crippen LogP contribution in [0.15, 0.2) is 0 Å². The molecule has 0 aromatic carbocycles. The number of amides is 1. The summed E-state index contributed by atoms with van der Waals surface area (Å²) in [5, 5.41) is 0. The molecule has 0 aliphatic carbocycles. The van der Waals surface area contributed by atoms with E-state index in [0.29, 0.717) is 6.54 Å². The highest BCUT2D eigenvalue weighted by molar-refractivity contribution is 5.85. The molecule has 4 nitrogen and oxygen atoms in total. The summed E-state index contributed by atoms with van der Waals surface area (Å²) in [6.45, 7) is 6.08. The van der Waals surface area contributed by atoms with Crippen molar-refractivity contribution in [2.75, 3.05) is 19.6 Å². The first-order chi connectivity index (χ1) is 6.67. The summed E-state index contributed by atoms with van der Waals surface area (Å²) < 4.78 is 0. The largest absolute Gasteiger partial charge is 0.342 e. The molecule has 0 unspecified atom stereocenters.